The molecule has 0 bridgehead atoms. The lowest BCUT2D eigenvalue weighted by Gasteiger charge is -2.08. The van der Waals surface area contributed by atoms with Crippen LogP contribution in [0, 0.1) is 10.1 Å². The summed E-state index contributed by atoms with van der Waals surface area (Å²) in [4.78, 5) is 23.8. The number of esters is 1. The SMILES string of the molecule is CCOC(=O)c1cc([N+](=O)[O-])ccc1Sc1ccc(Cl)cc1. The number of nitro groups is 1. The molecule has 114 valence electrons. The first-order valence-corrected chi connectivity index (χ1v) is 7.59. The summed E-state index contributed by atoms with van der Waals surface area (Å²) in [6, 6.07) is 11.2. The highest BCUT2D eigenvalue weighted by atomic mass is 35.5. The first kappa shape index (κ1) is 16.3. The first-order chi connectivity index (χ1) is 10.5. The van der Waals surface area contributed by atoms with E-state index in [0.29, 0.717) is 9.92 Å². The van der Waals surface area contributed by atoms with Gasteiger partial charge in [0.2, 0.25) is 0 Å². The van der Waals surface area contributed by atoms with Gasteiger partial charge < -0.3 is 4.74 Å². The Hall–Kier alpha value is -2.05. The molecule has 0 amide bonds. The van der Waals surface area contributed by atoms with E-state index in [9.17, 15) is 14.9 Å². The minimum Gasteiger partial charge on any atom is -0.462 e. The molecule has 2 aromatic rings. The molecule has 5 nitrogen and oxygen atoms in total. The van der Waals surface area contributed by atoms with Crippen LogP contribution in [-0.2, 0) is 4.74 Å². The monoisotopic (exact) mass is 337 g/mol. The molecule has 0 saturated heterocycles. The maximum Gasteiger partial charge on any atom is 0.339 e. The van der Waals surface area contributed by atoms with Crippen LogP contribution in [0.3, 0.4) is 0 Å². The minimum atomic E-state index is -0.581. The van der Waals surface area contributed by atoms with Gasteiger partial charge in [0.25, 0.3) is 5.69 Å². The number of hydrogen-bond acceptors (Lipinski definition) is 5. The van der Waals surface area contributed by atoms with Crippen molar-refractivity contribution in [3.63, 3.8) is 0 Å². The molecule has 0 atom stereocenters. The number of carbonyl (C=O) groups excluding carboxylic acids is 1. The third-order valence-corrected chi connectivity index (χ3v) is 4.05. The average molecular weight is 338 g/mol. The molecule has 0 heterocycles. The zero-order valence-corrected chi connectivity index (χ0v) is 13.2. The summed E-state index contributed by atoms with van der Waals surface area (Å²) in [5.41, 5.74) is 0.0273. The summed E-state index contributed by atoms with van der Waals surface area (Å²) in [5.74, 6) is -0.581. The van der Waals surface area contributed by atoms with Crippen molar-refractivity contribution in [3.05, 3.63) is 63.2 Å². The van der Waals surface area contributed by atoms with Gasteiger partial charge in [-0.3, -0.25) is 10.1 Å². The van der Waals surface area contributed by atoms with Crippen LogP contribution in [0.4, 0.5) is 5.69 Å². The molecule has 2 aromatic carbocycles. The molecular weight excluding hydrogens is 326 g/mol. The lowest BCUT2D eigenvalue weighted by atomic mass is 10.2. The normalized spacial score (nSPS) is 10.3. The average Bonchev–Trinajstić information content (AvgIpc) is 2.50. The van der Waals surface area contributed by atoms with E-state index < -0.39 is 10.9 Å². The van der Waals surface area contributed by atoms with Crippen molar-refractivity contribution in [1.29, 1.82) is 0 Å². The maximum atomic E-state index is 12.0. The van der Waals surface area contributed by atoms with Crippen molar-refractivity contribution >= 4 is 35.0 Å². The van der Waals surface area contributed by atoms with Crippen molar-refractivity contribution in [3.8, 4) is 0 Å². The molecule has 2 rings (SSSR count). The lowest BCUT2D eigenvalue weighted by Crippen LogP contribution is -2.07. The van der Waals surface area contributed by atoms with Crippen LogP contribution in [0.25, 0.3) is 0 Å². The number of nitro benzene ring substituents is 1. The molecular formula is C15H12ClNO4S. The second-order valence-electron chi connectivity index (χ2n) is 4.21. The number of carbonyl (C=O) groups is 1. The van der Waals surface area contributed by atoms with E-state index in [1.54, 1.807) is 25.1 Å². The Kier molecular flexibility index (Phi) is 5.41. The van der Waals surface area contributed by atoms with Crippen molar-refractivity contribution in [2.75, 3.05) is 6.61 Å². The van der Waals surface area contributed by atoms with Gasteiger partial charge in [-0.2, -0.15) is 0 Å². The molecule has 0 N–H and O–H groups in total. The summed E-state index contributed by atoms with van der Waals surface area (Å²) in [7, 11) is 0. The maximum absolute atomic E-state index is 12.0. The Morgan fingerprint density at radius 3 is 2.55 bits per heavy atom. The van der Waals surface area contributed by atoms with Crippen molar-refractivity contribution in [2.24, 2.45) is 0 Å². The molecule has 0 aliphatic rings. The van der Waals surface area contributed by atoms with E-state index in [0.717, 1.165) is 4.90 Å². The van der Waals surface area contributed by atoms with Gasteiger partial charge in [0.1, 0.15) is 0 Å². The van der Waals surface area contributed by atoms with E-state index in [2.05, 4.69) is 0 Å². The second-order valence-corrected chi connectivity index (χ2v) is 5.77. The van der Waals surface area contributed by atoms with Crippen LogP contribution in [0.5, 0.6) is 0 Å². The van der Waals surface area contributed by atoms with Crippen LogP contribution < -0.4 is 0 Å². The standard InChI is InChI=1S/C15H12ClNO4S/c1-2-21-15(18)13-9-11(17(19)20)5-8-14(13)22-12-6-3-10(16)4-7-12/h3-9H,2H2,1H3. The predicted octanol–water partition coefficient (Wildman–Crippen LogP) is 4.58. The fourth-order valence-electron chi connectivity index (χ4n) is 1.72. The quantitative estimate of drug-likeness (QED) is 0.454. The molecule has 0 aliphatic carbocycles. The van der Waals surface area contributed by atoms with Gasteiger partial charge in [-0.25, -0.2) is 4.79 Å². The van der Waals surface area contributed by atoms with Gasteiger partial charge in [0, 0.05) is 26.9 Å². The molecule has 7 heteroatoms. The predicted molar refractivity (Wildman–Crippen MR) is 84.6 cm³/mol. The van der Waals surface area contributed by atoms with E-state index in [4.69, 9.17) is 16.3 Å². The smallest absolute Gasteiger partial charge is 0.339 e. The van der Waals surface area contributed by atoms with E-state index >= 15 is 0 Å². The Morgan fingerprint density at radius 1 is 1.27 bits per heavy atom. The van der Waals surface area contributed by atoms with Gasteiger partial charge in [-0.05, 0) is 37.3 Å². The molecule has 0 saturated carbocycles. The van der Waals surface area contributed by atoms with Gasteiger partial charge in [-0.15, -0.1) is 0 Å². The fraction of sp³-hybridized carbons (Fsp3) is 0.133. The number of non-ortho nitro benzene ring substituents is 1. The fourth-order valence-corrected chi connectivity index (χ4v) is 2.76. The van der Waals surface area contributed by atoms with Crippen LogP contribution in [0.15, 0.2) is 52.3 Å². The van der Waals surface area contributed by atoms with Crippen LogP contribution >= 0.6 is 23.4 Å². The molecule has 22 heavy (non-hydrogen) atoms. The first-order valence-electron chi connectivity index (χ1n) is 6.40. The summed E-state index contributed by atoms with van der Waals surface area (Å²) < 4.78 is 4.96. The molecule has 0 radical (unpaired) electrons. The third-order valence-electron chi connectivity index (χ3n) is 2.71. The van der Waals surface area contributed by atoms with Crippen LogP contribution in [0.1, 0.15) is 17.3 Å². The summed E-state index contributed by atoms with van der Waals surface area (Å²) in [5, 5.41) is 11.5. The Labute approximate surface area is 136 Å². The van der Waals surface area contributed by atoms with Gasteiger partial charge in [0.15, 0.2) is 0 Å². The van der Waals surface area contributed by atoms with E-state index in [-0.39, 0.29) is 17.9 Å². The Bertz CT molecular complexity index is 703. The van der Waals surface area contributed by atoms with Gasteiger partial charge >= 0.3 is 5.97 Å². The van der Waals surface area contributed by atoms with Crippen LogP contribution in [-0.4, -0.2) is 17.5 Å². The van der Waals surface area contributed by atoms with Gasteiger partial charge in [0.05, 0.1) is 17.1 Å². The zero-order valence-electron chi connectivity index (χ0n) is 11.6. The summed E-state index contributed by atoms with van der Waals surface area (Å²) in [6.45, 7) is 1.88. The van der Waals surface area contributed by atoms with Crippen molar-refractivity contribution in [2.45, 2.75) is 16.7 Å². The third kappa shape index (κ3) is 3.99. The van der Waals surface area contributed by atoms with Crippen molar-refractivity contribution < 1.29 is 14.5 Å². The van der Waals surface area contributed by atoms with Crippen molar-refractivity contribution in [1.82, 2.24) is 0 Å². The number of hydrogen-bond donors (Lipinski definition) is 0. The molecule has 0 fully saturated rings. The number of nitrogens with zero attached hydrogens (tertiary/aromatic N) is 1. The lowest BCUT2D eigenvalue weighted by molar-refractivity contribution is -0.384. The van der Waals surface area contributed by atoms with Gasteiger partial charge in [-0.1, -0.05) is 23.4 Å². The number of benzene rings is 2. The van der Waals surface area contributed by atoms with E-state index in [1.807, 2.05) is 12.1 Å². The summed E-state index contributed by atoms with van der Waals surface area (Å²) >= 11 is 7.15. The number of halogens is 1. The minimum absolute atomic E-state index is 0.150. The zero-order chi connectivity index (χ0) is 16.1. The topological polar surface area (TPSA) is 69.4 Å². The second kappa shape index (κ2) is 7.29. The largest absolute Gasteiger partial charge is 0.462 e. The van der Waals surface area contributed by atoms with E-state index in [1.165, 1.54) is 23.9 Å². The molecule has 0 spiro atoms. The molecule has 0 aliphatic heterocycles. The molecule has 0 aromatic heterocycles. The molecule has 0 unspecified atom stereocenters. The number of ether oxygens (including phenoxy) is 1. The Morgan fingerprint density at radius 2 is 1.95 bits per heavy atom. The highest BCUT2D eigenvalue weighted by Gasteiger charge is 2.18. The number of rotatable bonds is 5. The van der Waals surface area contributed by atoms with Crippen LogP contribution in [0.2, 0.25) is 5.02 Å². The highest BCUT2D eigenvalue weighted by Crippen LogP contribution is 2.33. The Balaban J connectivity index is 2.38. The highest BCUT2D eigenvalue weighted by molar-refractivity contribution is 7.99. The summed E-state index contributed by atoms with van der Waals surface area (Å²) in [6.07, 6.45) is 0.